The molecule has 0 saturated carbocycles. The normalized spacial score (nSPS) is 11.3. The Balaban J connectivity index is 1.63. The van der Waals surface area contributed by atoms with Crippen LogP contribution in [0.3, 0.4) is 0 Å². The summed E-state index contributed by atoms with van der Waals surface area (Å²) in [5.74, 6) is -0.200. The Morgan fingerprint density at radius 3 is 2.68 bits per heavy atom. The lowest BCUT2D eigenvalue weighted by Crippen LogP contribution is -2.20. The molecule has 0 aliphatic carbocycles. The first-order valence-corrected chi connectivity index (χ1v) is 8.25. The zero-order valence-electron chi connectivity index (χ0n) is 14.4. The van der Waals surface area contributed by atoms with Gasteiger partial charge in [0.25, 0.3) is 5.91 Å². The van der Waals surface area contributed by atoms with E-state index >= 15 is 0 Å². The lowest BCUT2D eigenvalue weighted by Gasteiger charge is -2.12. The van der Waals surface area contributed by atoms with Crippen LogP contribution in [0.15, 0.2) is 42.7 Å². The third-order valence-corrected chi connectivity index (χ3v) is 4.02. The van der Waals surface area contributed by atoms with Gasteiger partial charge in [-0.3, -0.25) is 4.79 Å². The fourth-order valence-electron chi connectivity index (χ4n) is 2.41. The van der Waals surface area contributed by atoms with Crippen LogP contribution in [0.25, 0.3) is 5.69 Å². The molecule has 28 heavy (non-hydrogen) atoms. The molecule has 0 atom stereocenters. The Morgan fingerprint density at radius 1 is 1.25 bits per heavy atom. The predicted octanol–water partition coefficient (Wildman–Crippen LogP) is 3.66. The van der Waals surface area contributed by atoms with Gasteiger partial charge in [0.1, 0.15) is 12.1 Å². The first kappa shape index (κ1) is 19.6. The molecule has 0 radical (unpaired) electrons. The van der Waals surface area contributed by atoms with Crippen LogP contribution >= 0.6 is 11.6 Å². The Labute approximate surface area is 162 Å². The van der Waals surface area contributed by atoms with Gasteiger partial charge in [-0.05, 0) is 59.3 Å². The molecule has 1 N–H and O–H groups in total. The Kier molecular flexibility index (Phi) is 5.50. The van der Waals surface area contributed by atoms with E-state index in [1.54, 1.807) is 18.2 Å². The van der Waals surface area contributed by atoms with Crippen LogP contribution in [-0.4, -0.2) is 32.7 Å². The van der Waals surface area contributed by atoms with Crippen molar-refractivity contribution in [3.05, 3.63) is 58.9 Å². The van der Waals surface area contributed by atoms with Crippen LogP contribution in [0.4, 0.5) is 18.9 Å². The van der Waals surface area contributed by atoms with Crippen LogP contribution in [0.1, 0.15) is 11.1 Å². The second kappa shape index (κ2) is 7.85. The van der Waals surface area contributed by atoms with Crippen molar-refractivity contribution >= 4 is 23.2 Å². The summed E-state index contributed by atoms with van der Waals surface area (Å²) in [4.78, 5) is 12.0. The topological polar surface area (TPSA) is 81.9 Å². The summed E-state index contributed by atoms with van der Waals surface area (Å²) in [6.45, 7) is 1.43. The minimum atomic E-state index is -4.62. The number of aromatic nitrogens is 4. The Morgan fingerprint density at radius 2 is 2.04 bits per heavy atom. The maximum Gasteiger partial charge on any atom is 0.417 e. The number of tetrazole rings is 1. The van der Waals surface area contributed by atoms with Crippen LogP contribution in [0.5, 0.6) is 5.75 Å². The fraction of sp³-hybridized carbons (Fsp3) is 0.176. The number of ether oxygens (including phenoxy) is 1. The molecular weight excluding hydrogens is 399 g/mol. The number of benzene rings is 2. The first-order valence-electron chi connectivity index (χ1n) is 7.87. The van der Waals surface area contributed by atoms with Gasteiger partial charge in [0.2, 0.25) is 0 Å². The van der Waals surface area contributed by atoms with Gasteiger partial charge in [0.05, 0.1) is 16.3 Å². The van der Waals surface area contributed by atoms with Gasteiger partial charge in [0.15, 0.2) is 6.61 Å². The minimum Gasteiger partial charge on any atom is -0.484 e. The second-order valence-electron chi connectivity index (χ2n) is 5.73. The maximum atomic E-state index is 12.9. The number of amides is 1. The predicted molar refractivity (Wildman–Crippen MR) is 94.5 cm³/mol. The number of carbonyl (C=O) groups is 1. The van der Waals surface area contributed by atoms with E-state index in [9.17, 15) is 18.0 Å². The number of rotatable bonds is 5. The van der Waals surface area contributed by atoms with Crippen LogP contribution < -0.4 is 10.1 Å². The van der Waals surface area contributed by atoms with Crippen molar-refractivity contribution in [1.82, 2.24) is 20.2 Å². The molecule has 11 heteroatoms. The number of hydrogen-bond donors (Lipinski definition) is 1. The highest BCUT2D eigenvalue weighted by Gasteiger charge is 2.33. The van der Waals surface area contributed by atoms with Gasteiger partial charge in [-0.15, -0.1) is 5.10 Å². The van der Waals surface area contributed by atoms with Gasteiger partial charge >= 0.3 is 6.18 Å². The highest BCUT2D eigenvalue weighted by atomic mass is 35.5. The first-order chi connectivity index (χ1) is 13.2. The molecule has 1 heterocycles. The molecule has 3 rings (SSSR count). The standard InChI is InChI=1S/C17H13ClF3N5O2/c1-10-6-12(3-5-15(10)26-9-22-24-25-26)28-8-16(27)23-11-2-4-14(18)13(7-11)17(19,20)21/h2-7,9H,8H2,1H3,(H,23,27). The quantitative estimate of drug-likeness (QED) is 0.693. The lowest BCUT2D eigenvalue weighted by molar-refractivity contribution is -0.137. The van der Waals surface area contributed by atoms with E-state index in [4.69, 9.17) is 16.3 Å². The van der Waals surface area contributed by atoms with Gasteiger partial charge < -0.3 is 10.1 Å². The molecule has 0 unspecified atom stereocenters. The number of halogens is 4. The van der Waals surface area contributed by atoms with Crippen molar-refractivity contribution in [3.63, 3.8) is 0 Å². The van der Waals surface area contributed by atoms with E-state index in [1.165, 1.54) is 17.1 Å². The number of nitrogens with one attached hydrogen (secondary N) is 1. The van der Waals surface area contributed by atoms with E-state index in [2.05, 4.69) is 20.8 Å². The van der Waals surface area contributed by atoms with Gasteiger partial charge in [-0.1, -0.05) is 11.6 Å². The van der Waals surface area contributed by atoms with Crippen LogP contribution in [-0.2, 0) is 11.0 Å². The molecule has 3 aromatic rings. The summed E-state index contributed by atoms with van der Waals surface area (Å²) in [6, 6.07) is 8.15. The smallest absolute Gasteiger partial charge is 0.417 e. The van der Waals surface area contributed by atoms with Crippen molar-refractivity contribution in [1.29, 1.82) is 0 Å². The van der Waals surface area contributed by atoms with E-state index in [-0.39, 0.29) is 12.3 Å². The zero-order chi connectivity index (χ0) is 20.3. The molecule has 146 valence electrons. The average Bonchev–Trinajstić information content (AvgIpc) is 3.15. The minimum absolute atomic E-state index is 0.0319. The van der Waals surface area contributed by atoms with Crippen molar-refractivity contribution in [3.8, 4) is 11.4 Å². The summed E-state index contributed by atoms with van der Waals surface area (Å²) in [6.07, 6.45) is -3.18. The molecule has 1 amide bonds. The van der Waals surface area contributed by atoms with Crippen molar-refractivity contribution in [2.75, 3.05) is 11.9 Å². The maximum absolute atomic E-state index is 12.9. The number of anilines is 1. The summed E-state index contributed by atoms with van der Waals surface area (Å²) >= 11 is 5.55. The average molecular weight is 412 g/mol. The van der Waals surface area contributed by atoms with Crippen molar-refractivity contribution in [2.24, 2.45) is 0 Å². The summed E-state index contributed by atoms with van der Waals surface area (Å²) < 4.78 is 45.5. The van der Waals surface area contributed by atoms with Gasteiger partial charge in [-0.25, -0.2) is 4.68 Å². The molecule has 0 fully saturated rings. The number of hydrogen-bond acceptors (Lipinski definition) is 5. The number of alkyl halides is 3. The zero-order valence-corrected chi connectivity index (χ0v) is 15.1. The molecule has 0 saturated heterocycles. The van der Waals surface area contributed by atoms with Crippen LogP contribution in [0.2, 0.25) is 5.02 Å². The summed E-state index contributed by atoms with van der Waals surface area (Å²) in [5, 5.41) is 12.8. The molecule has 7 nitrogen and oxygen atoms in total. The summed E-state index contributed by atoms with van der Waals surface area (Å²) in [7, 11) is 0. The van der Waals surface area contributed by atoms with Gasteiger partial charge in [-0.2, -0.15) is 13.2 Å². The highest BCUT2D eigenvalue weighted by molar-refractivity contribution is 6.31. The number of nitrogens with zero attached hydrogens (tertiary/aromatic N) is 4. The Bertz CT molecular complexity index is 993. The molecule has 0 spiro atoms. The van der Waals surface area contributed by atoms with E-state index < -0.39 is 22.7 Å². The summed E-state index contributed by atoms with van der Waals surface area (Å²) in [5.41, 5.74) is 0.484. The Hall–Kier alpha value is -3.14. The molecule has 0 aliphatic rings. The van der Waals surface area contributed by atoms with E-state index in [1.807, 2.05) is 6.92 Å². The second-order valence-corrected chi connectivity index (χ2v) is 6.14. The molecular formula is C17H13ClF3N5O2. The fourth-order valence-corrected chi connectivity index (χ4v) is 2.64. The number of aryl methyl sites for hydroxylation is 1. The largest absolute Gasteiger partial charge is 0.484 e. The van der Waals surface area contributed by atoms with Crippen molar-refractivity contribution in [2.45, 2.75) is 13.1 Å². The third kappa shape index (κ3) is 4.58. The SMILES string of the molecule is Cc1cc(OCC(=O)Nc2ccc(Cl)c(C(F)(F)F)c2)ccc1-n1cnnn1. The molecule has 2 aromatic carbocycles. The monoisotopic (exact) mass is 411 g/mol. The third-order valence-electron chi connectivity index (χ3n) is 3.69. The lowest BCUT2D eigenvalue weighted by atomic mass is 10.2. The number of carbonyl (C=O) groups excluding carboxylic acids is 1. The highest BCUT2D eigenvalue weighted by Crippen LogP contribution is 2.36. The van der Waals surface area contributed by atoms with E-state index in [0.29, 0.717) is 5.75 Å². The van der Waals surface area contributed by atoms with Crippen molar-refractivity contribution < 1.29 is 22.7 Å². The molecule has 0 bridgehead atoms. The molecule has 1 aromatic heterocycles. The van der Waals surface area contributed by atoms with E-state index in [0.717, 1.165) is 23.4 Å². The van der Waals surface area contributed by atoms with Gasteiger partial charge in [0, 0.05) is 5.69 Å². The molecule has 0 aliphatic heterocycles. The van der Waals surface area contributed by atoms with Crippen LogP contribution in [0, 0.1) is 6.92 Å².